The quantitative estimate of drug-likeness (QED) is 0.740. The second-order valence-electron chi connectivity index (χ2n) is 7.54. The molecule has 4 heteroatoms. The molecule has 0 radical (unpaired) electrons. The smallest absolute Gasteiger partial charge is 0.410 e. The van der Waals surface area contributed by atoms with Crippen LogP contribution in [0.1, 0.15) is 59.3 Å². The summed E-state index contributed by atoms with van der Waals surface area (Å²) in [7, 11) is 0. The molecule has 0 aliphatic carbocycles. The van der Waals surface area contributed by atoms with Gasteiger partial charge in [-0.15, -0.1) is 0 Å². The van der Waals surface area contributed by atoms with Gasteiger partial charge in [-0.3, -0.25) is 4.90 Å². The molecule has 2 aliphatic heterocycles. The molecule has 2 heterocycles. The monoisotopic (exact) mass is 308 g/mol. The average molecular weight is 308 g/mol. The SMILES string of the molecule is CC(C)(C)OC(=O)N1CCCC[C@H]1C/C=C/CN1CCCC1. The van der Waals surface area contributed by atoms with E-state index in [0.717, 1.165) is 32.4 Å². The van der Waals surface area contributed by atoms with Gasteiger partial charge in [-0.05, 0) is 72.4 Å². The number of hydrogen-bond acceptors (Lipinski definition) is 3. The van der Waals surface area contributed by atoms with Gasteiger partial charge in [-0.2, -0.15) is 0 Å². The van der Waals surface area contributed by atoms with Crippen LogP contribution in [0.25, 0.3) is 0 Å². The number of nitrogens with zero attached hydrogens (tertiary/aromatic N) is 2. The van der Waals surface area contributed by atoms with Crippen LogP contribution in [0.15, 0.2) is 12.2 Å². The third kappa shape index (κ3) is 5.64. The molecule has 0 saturated carbocycles. The zero-order valence-corrected chi connectivity index (χ0v) is 14.5. The van der Waals surface area contributed by atoms with Gasteiger partial charge in [0.05, 0.1) is 0 Å². The number of carbonyl (C=O) groups is 1. The van der Waals surface area contributed by atoms with Crippen molar-refractivity contribution in [2.24, 2.45) is 0 Å². The first-order valence-corrected chi connectivity index (χ1v) is 8.83. The summed E-state index contributed by atoms with van der Waals surface area (Å²) in [5, 5.41) is 0. The molecule has 0 aromatic carbocycles. The molecule has 0 unspecified atom stereocenters. The van der Waals surface area contributed by atoms with Crippen LogP contribution >= 0.6 is 0 Å². The second-order valence-corrected chi connectivity index (χ2v) is 7.54. The number of likely N-dealkylation sites (tertiary alicyclic amines) is 2. The summed E-state index contributed by atoms with van der Waals surface area (Å²) in [5.74, 6) is 0. The van der Waals surface area contributed by atoms with Crippen molar-refractivity contribution in [2.45, 2.75) is 70.9 Å². The highest BCUT2D eigenvalue weighted by Gasteiger charge is 2.29. The van der Waals surface area contributed by atoms with Crippen molar-refractivity contribution in [3.8, 4) is 0 Å². The van der Waals surface area contributed by atoms with E-state index in [1.165, 1.54) is 32.4 Å². The highest BCUT2D eigenvalue weighted by atomic mass is 16.6. The molecule has 0 aromatic heterocycles. The van der Waals surface area contributed by atoms with E-state index < -0.39 is 5.60 Å². The first kappa shape index (κ1) is 17.3. The molecule has 2 fully saturated rings. The molecule has 2 saturated heterocycles. The van der Waals surface area contributed by atoms with E-state index in [0.29, 0.717) is 6.04 Å². The molecular formula is C18H32N2O2. The Morgan fingerprint density at radius 3 is 2.45 bits per heavy atom. The Morgan fingerprint density at radius 2 is 1.77 bits per heavy atom. The number of amides is 1. The van der Waals surface area contributed by atoms with Crippen molar-refractivity contribution in [1.29, 1.82) is 0 Å². The van der Waals surface area contributed by atoms with Crippen LogP contribution in [0.5, 0.6) is 0 Å². The first-order valence-electron chi connectivity index (χ1n) is 8.83. The molecule has 0 aromatic rings. The van der Waals surface area contributed by atoms with Crippen LogP contribution < -0.4 is 0 Å². The van der Waals surface area contributed by atoms with E-state index >= 15 is 0 Å². The second kappa shape index (κ2) is 8.00. The van der Waals surface area contributed by atoms with Gasteiger partial charge in [-0.25, -0.2) is 4.79 Å². The van der Waals surface area contributed by atoms with Crippen molar-refractivity contribution in [1.82, 2.24) is 9.80 Å². The van der Waals surface area contributed by atoms with E-state index in [2.05, 4.69) is 17.1 Å². The summed E-state index contributed by atoms with van der Waals surface area (Å²) in [6.45, 7) is 10.1. The maximum absolute atomic E-state index is 12.3. The summed E-state index contributed by atoms with van der Waals surface area (Å²) in [6, 6.07) is 0.304. The van der Waals surface area contributed by atoms with Gasteiger partial charge in [0.25, 0.3) is 0 Å². The lowest BCUT2D eigenvalue weighted by Crippen LogP contribution is -2.45. The minimum atomic E-state index is -0.412. The minimum absolute atomic E-state index is 0.148. The van der Waals surface area contributed by atoms with Crippen molar-refractivity contribution >= 4 is 6.09 Å². The highest BCUT2D eigenvalue weighted by molar-refractivity contribution is 5.68. The molecule has 2 aliphatic rings. The van der Waals surface area contributed by atoms with Crippen molar-refractivity contribution in [3.63, 3.8) is 0 Å². The Kier molecular flexibility index (Phi) is 6.30. The maximum atomic E-state index is 12.3. The third-order valence-electron chi connectivity index (χ3n) is 4.39. The lowest BCUT2D eigenvalue weighted by Gasteiger charge is -2.36. The molecule has 1 atom stereocenters. The van der Waals surface area contributed by atoms with Gasteiger partial charge >= 0.3 is 6.09 Å². The lowest BCUT2D eigenvalue weighted by molar-refractivity contribution is 0.0102. The normalized spacial score (nSPS) is 24.1. The predicted molar refractivity (Wildman–Crippen MR) is 90.0 cm³/mol. The Bertz CT molecular complexity index is 381. The molecule has 0 N–H and O–H groups in total. The number of ether oxygens (including phenoxy) is 1. The molecular weight excluding hydrogens is 276 g/mol. The number of rotatable bonds is 4. The van der Waals surface area contributed by atoms with Crippen LogP contribution in [-0.2, 0) is 4.74 Å². The fourth-order valence-corrected chi connectivity index (χ4v) is 3.25. The predicted octanol–water partition coefficient (Wildman–Crippen LogP) is 3.82. The Morgan fingerprint density at radius 1 is 1.09 bits per heavy atom. The van der Waals surface area contributed by atoms with Gasteiger partial charge in [0.1, 0.15) is 5.60 Å². The van der Waals surface area contributed by atoms with E-state index in [4.69, 9.17) is 4.74 Å². The van der Waals surface area contributed by atoms with Gasteiger partial charge in [0.15, 0.2) is 0 Å². The zero-order valence-electron chi connectivity index (χ0n) is 14.5. The number of carbonyl (C=O) groups excluding carboxylic acids is 1. The molecule has 0 bridgehead atoms. The molecule has 22 heavy (non-hydrogen) atoms. The lowest BCUT2D eigenvalue weighted by atomic mass is 9.99. The van der Waals surface area contributed by atoms with Crippen LogP contribution in [-0.4, -0.2) is 53.7 Å². The highest BCUT2D eigenvalue weighted by Crippen LogP contribution is 2.22. The molecule has 1 amide bonds. The third-order valence-corrected chi connectivity index (χ3v) is 4.39. The topological polar surface area (TPSA) is 32.8 Å². The summed E-state index contributed by atoms with van der Waals surface area (Å²) >= 11 is 0. The van der Waals surface area contributed by atoms with Crippen molar-refractivity contribution in [3.05, 3.63) is 12.2 Å². The number of hydrogen-bond donors (Lipinski definition) is 0. The van der Waals surface area contributed by atoms with Crippen LogP contribution in [0.3, 0.4) is 0 Å². The van der Waals surface area contributed by atoms with E-state index in [1.54, 1.807) is 0 Å². The molecule has 4 nitrogen and oxygen atoms in total. The maximum Gasteiger partial charge on any atom is 0.410 e. The summed E-state index contributed by atoms with van der Waals surface area (Å²) in [5.41, 5.74) is -0.412. The van der Waals surface area contributed by atoms with Gasteiger partial charge in [0.2, 0.25) is 0 Å². The minimum Gasteiger partial charge on any atom is -0.444 e. The summed E-state index contributed by atoms with van der Waals surface area (Å²) in [6.07, 6.45) is 11.4. The molecule has 0 spiro atoms. The Hall–Kier alpha value is -1.03. The van der Waals surface area contributed by atoms with E-state index in [1.807, 2.05) is 25.7 Å². The van der Waals surface area contributed by atoms with Crippen LogP contribution in [0.4, 0.5) is 4.79 Å². The van der Waals surface area contributed by atoms with E-state index in [-0.39, 0.29) is 6.09 Å². The fraction of sp³-hybridized carbons (Fsp3) is 0.833. The van der Waals surface area contributed by atoms with Gasteiger partial charge < -0.3 is 9.64 Å². The van der Waals surface area contributed by atoms with Crippen LogP contribution in [0.2, 0.25) is 0 Å². The standard InChI is InChI=1S/C18H32N2O2/c1-18(2,3)22-17(21)20-15-7-5-11-16(20)10-4-6-12-19-13-8-9-14-19/h4,6,16H,5,7-15H2,1-3H3/b6-4+/t16-/m1/s1. The zero-order chi connectivity index (χ0) is 16.0. The molecule has 126 valence electrons. The Balaban J connectivity index is 1.81. The summed E-state index contributed by atoms with van der Waals surface area (Å²) in [4.78, 5) is 16.8. The summed E-state index contributed by atoms with van der Waals surface area (Å²) < 4.78 is 5.55. The largest absolute Gasteiger partial charge is 0.444 e. The fourth-order valence-electron chi connectivity index (χ4n) is 3.25. The average Bonchev–Trinajstić information content (AvgIpc) is 2.95. The Labute approximate surface area is 135 Å². The first-order chi connectivity index (χ1) is 10.5. The van der Waals surface area contributed by atoms with E-state index in [9.17, 15) is 4.79 Å². The molecule has 2 rings (SSSR count). The van der Waals surface area contributed by atoms with Crippen LogP contribution in [0, 0.1) is 0 Å². The van der Waals surface area contributed by atoms with Crippen molar-refractivity contribution < 1.29 is 9.53 Å². The van der Waals surface area contributed by atoms with Gasteiger partial charge in [0, 0.05) is 19.1 Å². The van der Waals surface area contributed by atoms with Crippen molar-refractivity contribution in [2.75, 3.05) is 26.2 Å². The van der Waals surface area contributed by atoms with Gasteiger partial charge in [-0.1, -0.05) is 12.2 Å². The number of piperidine rings is 1.